The van der Waals surface area contributed by atoms with Crippen LogP contribution in [-0.2, 0) is 30.2 Å². The molecule has 0 aliphatic carbocycles. The van der Waals surface area contributed by atoms with E-state index in [1.165, 1.54) is 19.4 Å². The van der Waals surface area contributed by atoms with Gasteiger partial charge in [-0.05, 0) is 24.8 Å². The van der Waals surface area contributed by atoms with E-state index in [1.54, 1.807) is 6.92 Å². The first kappa shape index (κ1) is 26.9. The lowest BCUT2D eigenvalue weighted by molar-refractivity contribution is -0.165. The largest absolute Gasteiger partial charge is 0.503 e. The van der Waals surface area contributed by atoms with E-state index >= 15 is 0 Å². The molecule has 0 spiro atoms. The summed E-state index contributed by atoms with van der Waals surface area (Å²) in [6.45, 7) is 5.50. The first-order valence-corrected chi connectivity index (χ1v) is 11.8. The average molecular weight is 501 g/mol. The number of hydrogen-bond donors (Lipinski definition) is 2. The molecule has 2 unspecified atom stereocenters. The van der Waals surface area contributed by atoms with E-state index in [2.05, 4.69) is 10.3 Å². The number of ether oxygens (including phenoxy) is 4. The topological polar surface area (TPSA) is 133 Å². The Morgan fingerprint density at radius 1 is 1.19 bits per heavy atom. The molecule has 1 amide bonds. The molecule has 10 heteroatoms. The third-order valence-corrected chi connectivity index (χ3v) is 5.69. The van der Waals surface area contributed by atoms with E-state index < -0.39 is 54.4 Å². The van der Waals surface area contributed by atoms with Gasteiger partial charge in [-0.1, -0.05) is 44.2 Å². The fraction of sp³-hybridized carbons (Fsp3) is 0.462. The standard InChI is InChI=1S/C26H32N2O8/c1-15(2)13-34-23-16(3)36-26(32)19(28-24(30)21-22(29)20(33-4)10-11-27-21)14-35-25(31)18(23)12-17-8-6-5-7-9-17/h5-11,15-16,18-19,23,29H,12-14H2,1-4H3,(H,28,30)/t16-,18+,19?,23?/m0/s1. The summed E-state index contributed by atoms with van der Waals surface area (Å²) in [4.78, 5) is 42.8. The van der Waals surface area contributed by atoms with Gasteiger partial charge in [-0.25, -0.2) is 9.78 Å². The Balaban J connectivity index is 1.84. The molecule has 36 heavy (non-hydrogen) atoms. The van der Waals surface area contributed by atoms with Crippen LogP contribution >= 0.6 is 0 Å². The molecule has 0 saturated carbocycles. The Morgan fingerprint density at radius 2 is 1.92 bits per heavy atom. The summed E-state index contributed by atoms with van der Waals surface area (Å²) in [5.74, 6) is -3.23. The molecule has 1 aromatic heterocycles. The van der Waals surface area contributed by atoms with Gasteiger partial charge in [0.05, 0.1) is 13.0 Å². The zero-order chi connectivity index (χ0) is 26.2. The number of aromatic nitrogens is 1. The van der Waals surface area contributed by atoms with Gasteiger partial charge < -0.3 is 29.4 Å². The smallest absolute Gasteiger partial charge is 0.332 e. The van der Waals surface area contributed by atoms with Crippen molar-refractivity contribution in [3.8, 4) is 11.5 Å². The minimum absolute atomic E-state index is 0.0427. The van der Waals surface area contributed by atoms with Gasteiger partial charge in [-0.2, -0.15) is 0 Å². The number of nitrogens with one attached hydrogen (secondary N) is 1. The SMILES string of the molecule is COc1ccnc(C(=O)NC2COC(=O)[C@H](Cc3ccccc3)C(OCC(C)C)[C@H](C)OC2=O)c1O. The van der Waals surface area contributed by atoms with Crippen molar-refractivity contribution in [3.05, 3.63) is 53.9 Å². The molecule has 1 aliphatic heterocycles. The highest BCUT2D eigenvalue weighted by Crippen LogP contribution is 2.28. The predicted octanol–water partition coefficient (Wildman–Crippen LogP) is 2.28. The molecule has 2 N–H and O–H groups in total. The highest BCUT2D eigenvalue weighted by atomic mass is 16.6. The summed E-state index contributed by atoms with van der Waals surface area (Å²) in [5, 5.41) is 12.7. The maximum Gasteiger partial charge on any atom is 0.332 e. The molecular formula is C26H32N2O8. The summed E-state index contributed by atoms with van der Waals surface area (Å²) in [6.07, 6.45) is 0.0335. The lowest BCUT2D eigenvalue weighted by atomic mass is 9.91. The molecule has 194 valence electrons. The van der Waals surface area contributed by atoms with Crippen molar-refractivity contribution in [2.24, 2.45) is 11.8 Å². The highest BCUT2D eigenvalue weighted by Gasteiger charge is 2.40. The Bertz CT molecular complexity index is 1060. The number of pyridine rings is 1. The van der Waals surface area contributed by atoms with E-state index in [0.29, 0.717) is 13.0 Å². The molecule has 1 aliphatic rings. The molecule has 1 saturated heterocycles. The molecule has 1 fully saturated rings. The molecule has 2 aromatic rings. The van der Waals surface area contributed by atoms with Crippen molar-refractivity contribution in [3.63, 3.8) is 0 Å². The van der Waals surface area contributed by atoms with Crippen molar-refractivity contribution in [2.75, 3.05) is 20.3 Å². The fourth-order valence-corrected chi connectivity index (χ4v) is 3.85. The van der Waals surface area contributed by atoms with Crippen LogP contribution in [-0.4, -0.2) is 66.5 Å². The van der Waals surface area contributed by atoms with Crippen LogP contribution < -0.4 is 10.1 Å². The third kappa shape index (κ3) is 6.72. The number of esters is 2. The van der Waals surface area contributed by atoms with Crippen LogP contribution in [0.15, 0.2) is 42.6 Å². The van der Waals surface area contributed by atoms with Gasteiger partial charge in [-0.3, -0.25) is 9.59 Å². The van der Waals surface area contributed by atoms with Crippen molar-refractivity contribution in [2.45, 2.75) is 45.4 Å². The monoisotopic (exact) mass is 500 g/mol. The van der Waals surface area contributed by atoms with Crippen LogP contribution in [0, 0.1) is 11.8 Å². The summed E-state index contributed by atoms with van der Waals surface area (Å²) in [7, 11) is 1.33. The second-order valence-corrected chi connectivity index (χ2v) is 9.00. The summed E-state index contributed by atoms with van der Waals surface area (Å²) in [6, 6.07) is 9.48. The van der Waals surface area contributed by atoms with Crippen molar-refractivity contribution in [1.29, 1.82) is 0 Å². The predicted molar refractivity (Wildman–Crippen MR) is 128 cm³/mol. The van der Waals surface area contributed by atoms with E-state index in [-0.39, 0.29) is 17.4 Å². The van der Waals surface area contributed by atoms with E-state index in [0.717, 1.165) is 5.56 Å². The van der Waals surface area contributed by atoms with Crippen molar-refractivity contribution in [1.82, 2.24) is 10.3 Å². The molecule has 3 rings (SSSR count). The number of nitrogens with zero attached hydrogens (tertiary/aromatic N) is 1. The normalized spacial score (nSPS) is 22.6. The zero-order valence-corrected chi connectivity index (χ0v) is 20.8. The molecule has 0 radical (unpaired) electrons. The lowest BCUT2D eigenvalue weighted by Gasteiger charge is -2.30. The van der Waals surface area contributed by atoms with Crippen LogP contribution in [0.2, 0.25) is 0 Å². The van der Waals surface area contributed by atoms with Crippen LogP contribution in [0.1, 0.15) is 36.8 Å². The zero-order valence-electron chi connectivity index (χ0n) is 20.8. The van der Waals surface area contributed by atoms with E-state index in [1.807, 2.05) is 44.2 Å². The fourth-order valence-electron chi connectivity index (χ4n) is 3.85. The first-order valence-electron chi connectivity index (χ1n) is 11.8. The van der Waals surface area contributed by atoms with Gasteiger partial charge in [0.1, 0.15) is 18.8 Å². The van der Waals surface area contributed by atoms with Crippen LogP contribution in [0.25, 0.3) is 0 Å². The number of carbonyl (C=O) groups is 3. The maximum atomic E-state index is 13.2. The second kappa shape index (κ2) is 12.3. The van der Waals surface area contributed by atoms with Gasteiger partial charge in [0.15, 0.2) is 23.2 Å². The van der Waals surface area contributed by atoms with E-state index in [4.69, 9.17) is 18.9 Å². The number of aromatic hydroxyl groups is 1. The summed E-state index contributed by atoms with van der Waals surface area (Å²) < 4.78 is 22.2. The Labute approximate surface area is 209 Å². The van der Waals surface area contributed by atoms with Crippen LogP contribution in [0.3, 0.4) is 0 Å². The number of carbonyl (C=O) groups excluding carboxylic acids is 3. The Hall–Kier alpha value is -3.66. The molecule has 4 atom stereocenters. The molecule has 1 aromatic carbocycles. The van der Waals surface area contributed by atoms with Crippen LogP contribution in [0.4, 0.5) is 0 Å². The van der Waals surface area contributed by atoms with Gasteiger partial charge >= 0.3 is 11.9 Å². The number of cyclic esters (lactones) is 2. The van der Waals surface area contributed by atoms with Gasteiger partial charge in [0.25, 0.3) is 5.91 Å². The highest BCUT2D eigenvalue weighted by molar-refractivity contribution is 5.98. The summed E-state index contributed by atoms with van der Waals surface area (Å²) in [5.41, 5.74) is 0.557. The van der Waals surface area contributed by atoms with Crippen LogP contribution in [0.5, 0.6) is 11.5 Å². The number of benzene rings is 1. The third-order valence-electron chi connectivity index (χ3n) is 5.69. The molecule has 0 bridgehead atoms. The molecular weight excluding hydrogens is 468 g/mol. The number of methoxy groups -OCH3 is 1. The van der Waals surface area contributed by atoms with Crippen molar-refractivity contribution < 1.29 is 38.4 Å². The maximum absolute atomic E-state index is 13.2. The molecule has 2 heterocycles. The number of rotatable bonds is 8. The average Bonchev–Trinajstić information content (AvgIpc) is 2.88. The van der Waals surface area contributed by atoms with Crippen molar-refractivity contribution >= 4 is 17.8 Å². The quantitative estimate of drug-likeness (QED) is 0.524. The van der Waals surface area contributed by atoms with Gasteiger partial charge in [0, 0.05) is 18.9 Å². The Morgan fingerprint density at radius 3 is 2.58 bits per heavy atom. The summed E-state index contributed by atoms with van der Waals surface area (Å²) >= 11 is 0. The second-order valence-electron chi connectivity index (χ2n) is 9.00. The number of hydrogen-bond acceptors (Lipinski definition) is 9. The first-order chi connectivity index (χ1) is 17.2. The van der Waals surface area contributed by atoms with E-state index in [9.17, 15) is 19.5 Å². The number of amides is 1. The van der Waals surface area contributed by atoms with Gasteiger partial charge in [-0.15, -0.1) is 0 Å². The minimum Gasteiger partial charge on any atom is -0.503 e. The Kier molecular flexibility index (Phi) is 9.24. The van der Waals surface area contributed by atoms with Gasteiger partial charge in [0.2, 0.25) is 0 Å². The lowest BCUT2D eigenvalue weighted by Crippen LogP contribution is -2.46. The molecule has 10 nitrogen and oxygen atoms in total. The minimum atomic E-state index is -1.32.